The van der Waals surface area contributed by atoms with E-state index in [4.69, 9.17) is 0 Å². The Hall–Kier alpha value is -0.407. The Bertz CT molecular complexity index is 326. The van der Waals surface area contributed by atoms with Gasteiger partial charge in [-0.1, -0.05) is 6.07 Å². The SMILES string of the molecule is C[N-]C.C[N-]C.C[N-]C.[Zr+4].c1ccc2[cH-]ccc2c1. The third kappa shape index (κ3) is 15.5. The van der Waals surface area contributed by atoms with E-state index in [1.165, 1.54) is 10.8 Å². The summed E-state index contributed by atoms with van der Waals surface area (Å²) >= 11 is 0. The molecule has 0 fully saturated rings. The van der Waals surface area contributed by atoms with Gasteiger partial charge in [-0.15, -0.1) is 29.7 Å². The zero-order chi connectivity index (χ0) is 14.2. The van der Waals surface area contributed by atoms with E-state index in [2.05, 4.69) is 58.4 Å². The third-order valence-electron chi connectivity index (χ3n) is 1.55. The zero-order valence-electron chi connectivity index (χ0n) is 12.9. The summed E-state index contributed by atoms with van der Waals surface area (Å²) in [5.74, 6) is 0. The Balaban J connectivity index is -0.000000220. The maximum absolute atomic E-state index is 3.50. The van der Waals surface area contributed by atoms with Crippen molar-refractivity contribution in [3.63, 3.8) is 0 Å². The van der Waals surface area contributed by atoms with Crippen molar-refractivity contribution in [2.75, 3.05) is 42.3 Å². The molecule has 0 bridgehead atoms. The van der Waals surface area contributed by atoms with E-state index in [0.29, 0.717) is 0 Å². The average Bonchev–Trinajstić information content (AvgIpc) is 2.80. The van der Waals surface area contributed by atoms with Crippen molar-refractivity contribution in [2.24, 2.45) is 0 Å². The van der Waals surface area contributed by atoms with Crippen LogP contribution in [0.25, 0.3) is 26.7 Å². The summed E-state index contributed by atoms with van der Waals surface area (Å²) in [7, 11) is 10.5. The molecule has 104 valence electrons. The number of hydrogen-bond acceptors (Lipinski definition) is 0. The van der Waals surface area contributed by atoms with E-state index in [0.717, 1.165) is 0 Å². The van der Waals surface area contributed by atoms with Gasteiger partial charge in [-0.3, -0.25) is 0 Å². The molecule has 0 aliphatic carbocycles. The molecule has 4 heteroatoms. The molecule has 3 nitrogen and oxygen atoms in total. The predicted molar refractivity (Wildman–Crippen MR) is 85.2 cm³/mol. The van der Waals surface area contributed by atoms with Gasteiger partial charge >= 0.3 is 26.2 Å². The van der Waals surface area contributed by atoms with Gasteiger partial charge in [0.15, 0.2) is 0 Å². The number of rotatable bonds is 0. The predicted octanol–water partition coefficient (Wildman–Crippen LogP) is 4.42. The van der Waals surface area contributed by atoms with Gasteiger partial charge in [-0.05, 0) is 0 Å². The van der Waals surface area contributed by atoms with Crippen molar-refractivity contribution in [1.82, 2.24) is 0 Å². The van der Waals surface area contributed by atoms with Crippen molar-refractivity contribution < 1.29 is 26.2 Å². The van der Waals surface area contributed by atoms with E-state index in [1.54, 1.807) is 42.3 Å². The molecule has 0 saturated carbocycles. The molecule has 2 aromatic rings. The Morgan fingerprint density at radius 2 is 1.16 bits per heavy atom. The first-order valence-corrected chi connectivity index (χ1v) is 5.75. The summed E-state index contributed by atoms with van der Waals surface area (Å²) in [5, 5.41) is 13.2. The second kappa shape index (κ2) is 19.9. The molecule has 0 aliphatic rings. The van der Waals surface area contributed by atoms with E-state index in [1.807, 2.05) is 0 Å². The van der Waals surface area contributed by atoms with Crippen LogP contribution >= 0.6 is 0 Å². The summed E-state index contributed by atoms with van der Waals surface area (Å²) in [5.41, 5.74) is 0. The summed E-state index contributed by atoms with van der Waals surface area (Å²) < 4.78 is 0. The molecule has 0 saturated heterocycles. The van der Waals surface area contributed by atoms with Crippen molar-refractivity contribution in [3.8, 4) is 0 Å². The monoisotopic (exact) mass is 337 g/mol. The summed E-state index contributed by atoms with van der Waals surface area (Å²) in [6, 6.07) is 14.7. The number of fused-ring (bicyclic) bond motifs is 1. The topological polar surface area (TPSA) is 42.3 Å². The van der Waals surface area contributed by atoms with Gasteiger partial charge in [0.2, 0.25) is 0 Å². The van der Waals surface area contributed by atoms with Gasteiger partial charge in [0.1, 0.15) is 0 Å². The van der Waals surface area contributed by atoms with Crippen LogP contribution in [-0.4, -0.2) is 42.3 Å². The fraction of sp³-hybridized carbons (Fsp3) is 0.400. The van der Waals surface area contributed by atoms with Crippen LogP contribution < -0.4 is 0 Å². The van der Waals surface area contributed by atoms with Crippen LogP contribution in [0.1, 0.15) is 0 Å². The van der Waals surface area contributed by atoms with Gasteiger partial charge in [0.05, 0.1) is 0 Å². The van der Waals surface area contributed by atoms with Crippen molar-refractivity contribution in [2.45, 2.75) is 0 Å². The van der Waals surface area contributed by atoms with Crippen LogP contribution in [0.4, 0.5) is 0 Å². The average molecular weight is 339 g/mol. The standard InChI is InChI=1S/C9H7.3C2H6N.Zr/c1-2-5-9-7-3-6-8(9)4-1;3*1-3-2;/h1-7H;3*1-2H3;/q4*-1;+4. The zero-order valence-corrected chi connectivity index (χ0v) is 15.3. The Morgan fingerprint density at radius 3 is 1.58 bits per heavy atom. The van der Waals surface area contributed by atoms with Crippen LogP contribution in [0.15, 0.2) is 42.5 Å². The van der Waals surface area contributed by atoms with Gasteiger partial charge in [-0.2, -0.15) is 59.8 Å². The molecule has 0 heterocycles. The first-order valence-electron chi connectivity index (χ1n) is 5.75. The van der Waals surface area contributed by atoms with Crippen LogP contribution in [0.5, 0.6) is 0 Å². The molecule has 2 aromatic carbocycles. The molecule has 0 aromatic heterocycles. The van der Waals surface area contributed by atoms with E-state index in [-0.39, 0.29) is 26.2 Å². The first-order chi connectivity index (χ1) is 8.71. The van der Waals surface area contributed by atoms with Gasteiger partial charge in [0.25, 0.3) is 0 Å². The normalized spacial score (nSPS) is 7.68. The van der Waals surface area contributed by atoms with Crippen LogP contribution in [0.2, 0.25) is 0 Å². The van der Waals surface area contributed by atoms with Crippen molar-refractivity contribution in [3.05, 3.63) is 58.4 Å². The second-order valence-electron chi connectivity index (χ2n) is 3.50. The molecule has 0 spiro atoms. The van der Waals surface area contributed by atoms with Crippen molar-refractivity contribution in [1.29, 1.82) is 0 Å². The maximum atomic E-state index is 3.50. The quantitative estimate of drug-likeness (QED) is 0.638. The minimum absolute atomic E-state index is 0. The third-order valence-corrected chi connectivity index (χ3v) is 1.55. The van der Waals surface area contributed by atoms with Crippen LogP contribution in [0.3, 0.4) is 0 Å². The second-order valence-corrected chi connectivity index (χ2v) is 3.50. The number of nitrogens with zero attached hydrogens (tertiary/aromatic N) is 3. The molecule has 0 aliphatic heterocycles. The molecule has 0 amide bonds. The number of benzene rings is 1. The summed E-state index contributed by atoms with van der Waals surface area (Å²) in [6.07, 6.45) is 0. The molecule has 0 unspecified atom stereocenters. The van der Waals surface area contributed by atoms with Crippen LogP contribution in [-0.2, 0) is 26.2 Å². The fourth-order valence-corrected chi connectivity index (χ4v) is 1.07. The van der Waals surface area contributed by atoms with E-state index < -0.39 is 0 Å². The van der Waals surface area contributed by atoms with Crippen LogP contribution in [0, 0.1) is 0 Å². The minimum atomic E-state index is 0. The van der Waals surface area contributed by atoms with Gasteiger partial charge in [0, 0.05) is 0 Å². The first kappa shape index (κ1) is 23.7. The Kier molecular flexibility index (Phi) is 24.8. The van der Waals surface area contributed by atoms with Crippen molar-refractivity contribution >= 4 is 10.8 Å². The Labute approximate surface area is 137 Å². The Morgan fingerprint density at radius 1 is 0.737 bits per heavy atom. The van der Waals surface area contributed by atoms with E-state index >= 15 is 0 Å². The molecule has 0 atom stereocenters. The molecule has 0 N–H and O–H groups in total. The minimum Gasteiger partial charge on any atom is -0.668 e. The number of hydrogen-bond donors (Lipinski definition) is 0. The largest absolute Gasteiger partial charge is 4.00 e. The van der Waals surface area contributed by atoms with Gasteiger partial charge < -0.3 is 16.0 Å². The molecule has 0 radical (unpaired) electrons. The van der Waals surface area contributed by atoms with Gasteiger partial charge in [-0.25, -0.2) is 0 Å². The maximum Gasteiger partial charge on any atom is 4.00 e. The molecule has 2 rings (SSSR count). The molecular formula is C15H25N3Zr. The molecular weight excluding hydrogens is 313 g/mol. The summed E-state index contributed by atoms with van der Waals surface area (Å²) in [4.78, 5) is 0. The fourth-order valence-electron chi connectivity index (χ4n) is 1.07. The summed E-state index contributed by atoms with van der Waals surface area (Å²) in [6.45, 7) is 0. The van der Waals surface area contributed by atoms with E-state index in [9.17, 15) is 0 Å². The smallest absolute Gasteiger partial charge is 0.668 e. The molecule has 19 heavy (non-hydrogen) atoms.